The van der Waals surface area contributed by atoms with Crippen LogP contribution in [0.25, 0.3) is 0 Å². The number of aryl methyl sites for hydroxylation is 1. The molecule has 1 aliphatic heterocycles. The average molecular weight is 296 g/mol. The summed E-state index contributed by atoms with van der Waals surface area (Å²) in [6.07, 6.45) is 1.87. The third kappa shape index (κ3) is 3.44. The summed E-state index contributed by atoms with van der Waals surface area (Å²) in [6.45, 7) is 3.65. The maximum Gasteiger partial charge on any atom is 0.321 e. The van der Waals surface area contributed by atoms with Crippen LogP contribution < -0.4 is 5.32 Å². The first-order chi connectivity index (χ1) is 9.51. The number of likely N-dealkylation sites (N-methyl/N-ethyl adjacent to an activating group) is 1. The van der Waals surface area contributed by atoms with Crippen LogP contribution in [0.4, 0.5) is 10.5 Å². The highest BCUT2D eigenvalue weighted by molar-refractivity contribution is 6.30. The molecule has 5 heteroatoms. The SMILES string of the molecule is CCc1cc(Cl)ccc1NC(=O)N1CC[C@H](N(C)C)C1. The Morgan fingerprint density at radius 3 is 2.85 bits per heavy atom. The fourth-order valence-electron chi connectivity index (χ4n) is 2.52. The molecular formula is C15H22ClN3O. The lowest BCUT2D eigenvalue weighted by atomic mass is 10.1. The molecule has 110 valence electrons. The van der Waals surface area contributed by atoms with Crippen molar-refractivity contribution in [1.82, 2.24) is 9.80 Å². The first-order valence-corrected chi connectivity index (χ1v) is 7.39. The number of amides is 2. The Kier molecular flexibility index (Phi) is 4.89. The number of benzene rings is 1. The van der Waals surface area contributed by atoms with Crippen LogP contribution in [0.15, 0.2) is 18.2 Å². The summed E-state index contributed by atoms with van der Waals surface area (Å²) in [4.78, 5) is 16.3. The van der Waals surface area contributed by atoms with Crippen molar-refractivity contribution in [1.29, 1.82) is 0 Å². The molecule has 0 spiro atoms. The second-order valence-electron chi connectivity index (χ2n) is 5.44. The molecule has 20 heavy (non-hydrogen) atoms. The summed E-state index contributed by atoms with van der Waals surface area (Å²) in [5, 5.41) is 3.70. The van der Waals surface area contributed by atoms with Gasteiger partial charge in [-0.3, -0.25) is 0 Å². The van der Waals surface area contributed by atoms with Gasteiger partial charge in [0.2, 0.25) is 0 Å². The van der Waals surface area contributed by atoms with Crippen LogP contribution in [-0.2, 0) is 6.42 Å². The molecule has 0 aliphatic carbocycles. The second-order valence-corrected chi connectivity index (χ2v) is 5.87. The zero-order chi connectivity index (χ0) is 14.7. The van der Waals surface area contributed by atoms with Crippen LogP contribution in [0.1, 0.15) is 18.9 Å². The van der Waals surface area contributed by atoms with E-state index in [0.29, 0.717) is 11.1 Å². The molecule has 1 aromatic carbocycles. The summed E-state index contributed by atoms with van der Waals surface area (Å²) < 4.78 is 0. The van der Waals surface area contributed by atoms with Crippen LogP contribution in [0.5, 0.6) is 0 Å². The van der Waals surface area contributed by atoms with E-state index in [-0.39, 0.29) is 6.03 Å². The van der Waals surface area contributed by atoms with Crippen molar-refractivity contribution in [2.24, 2.45) is 0 Å². The number of anilines is 1. The van der Waals surface area contributed by atoms with Crippen molar-refractivity contribution in [3.05, 3.63) is 28.8 Å². The predicted molar refractivity (Wildman–Crippen MR) is 83.5 cm³/mol. The van der Waals surface area contributed by atoms with E-state index >= 15 is 0 Å². The second kappa shape index (κ2) is 6.46. The maximum atomic E-state index is 12.3. The Morgan fingerprint density at radius 2 is 2.25 bits per heavy atom. The van der Waals surface area contributed by atoms with Crippen molar-refractivity contribution >= 4 is 23.3 Å². The largest absolute Gasteiger partial charge is 0.323 e. The number of hydrogen-bond donors (Lipinski definition) is 1. The van der Waals surface area contributed by atoms with Crippen molar-refractivity contribution in [2.75, 3.05) is 32.5 Å². The van der Waals surface area contributed by atoms with E-state index < -0.39 is 0 Å². The molecule has 1 heterocycles. The minimum atomic E-state index is -0.0219. The molecule has 0 saturated carbocycles. The smallest absolute Gasteiger partial charge is 0.321 e. The molecule has 0 unspecified atom stereocenters. The third-order valence-electron chi connectivity index (χ3n) is 3.87. The van der Waals surface area contributed by atoms with E-state index in [1.165, 1.54) is 0 Å². The monoisotopic (exact) mass is 295 g/mol. The zero-order valence-corrected chi connectivity index (χ0v) is 13.1. The highest BCUT2D eigenvalue weighted by Gasteiger charge is 2.27. The van der Waals surface area contributed by atoms with E-state index in [9.17, 15) is 4.79 Å². The summed E-state index contributed by atoms with van der Waals surface area (Å²) >= 11 is 5.98. The Morgan fingerprint density at radius 1 is 1.50 bits per heavy atom. The number of carbonyl (C=O) groups excluding carboxylic acids is 1. The standard InChI is InChI=1S/C15H22ClN3O/c1-4-11-9-12(16)5-6-14(11)17-15(20)19-8-7-13(10-19)18(2)3/h5-6,9,13H,4,7-8,10H2,1-3H3,(H,17,20)/t13-/m0/s1. The lowest BCUT2D eigenvalue weighted by Crippen LogP contribution is -2.37. The van der Waals surface area contributed by atoms with E-state index in [1.807, 2.05) is 23.1 Å². The van der Waals surface area contributed by atoms with Crippen molar-refractivity contribution < 1.29 is 4.79 Å². The molecule has 0 radical (unpaired) electrons. The Hall–Kier alpha value is -1.26. The lowest BCUT2D eigenvalue weighted by molar-refractivity contribution is 0.216. The van der Waals surface area contributed by atoms with Gasteiger partial charge in [0, 0.05) is 29.8 Å². The summed E-state index contributed by atoms with van der Waals surface area (Å²) in [5.41, 5.74) is 1.92. The number of nitrogens with one attached hydrogen (secondary N) is 1. The van der Waals surface area contributed by atoms with Gasteiger partial charge < -0.3 is 15.1 Å². The molecule has 4 nitrogen and oxygen atoms in total. The quantitative estimate of drug-likeness (QED) is 0.930. The first-order valence-electron chi connectivity index (χ1n) is 7.02. The minimum absolute atomic E-state index is 0.0219. The number of likely N-dealkylation sites (tertiary alicyclic amines) is 1. The Labute approximate surface area is 125 Å². The van der Waals surface area contributed by atoms with Gasteiger partial charge in [0.15, 0.2) is 0 Å². The molecule has 1 aromatic rings. The van der Waals surface area contributed by atoms with E-state index in [4.69, 9.17) is 11.6 Å². The number of carbonyl (C=O) groups is 1. The highest BCUT2D eigenvalue weighted by atomic mass is 35.5. The number of hydrogen-bond acceptors (Lipinski definition) is 2. The van der Waals surface area contributed by atoms with Gasteiger partial charge in [-0.1, -0.05) is 18.5 Å². The molecule has 1 N–H and O–H groups in total. The van der Waals surface area contributed by atoms with Gasteiger partial charge in [0.05, 0.1) is 0 Å². The molecular weight excluding hydrogens is 274 g/mol. The Balaban J connectivity index is 2.02. The van der Waals surface area contributed by atoms with Crippen LogP contribution in [-0.4, -0.2) is 49.1 Å². The number of urea groups is 1. The number of rotatable bonds is 3. The van der Waals surface area contributed by atoms with Gasteiger partial charge in [-0.05, 0) is 50.7 Å². The molecule has 2 amide bonds. The van der Waals surface area contributed by atoms with Crippen LogP contribution >= 0.6 is 11.6 Å². The van der Waals surface area contributed by atoms with E-state index in [1.54, 1.807) is 0 Å². The topological polar surface area (TPSA) is 35.6 Å². The zero-order valence-electron chi connectivity index (χ0n) is 12.3. The third-order valence-corrected chi connectivity index (χ3v) is 4.11. The molecule has 1 atom stereocenters. The van der Waals surface area contributed by atoms with Gasteiger partial charge in [0.1, 0.15) is 0 Å². The highest BCUT2D eigenvalue weighted by Crippen LogP contribution is 2.22. The van der Waals surface area contributed by atoms with Crippen LogP contribution in [0, 0.1) is 0 Å². The van der Waals surface area contributed by atoms with Gasteiger partial charge in [0.25, 0.3) is 0 Å². The first kappa shape index (κ1) is 15.1. The van der Waals surface area contributed by atoms with Gasteiger partial charge in [-0.15, -0.1) is 0 Å². The molecule has 1 aliphatic rings. The summed E-state index contributed by atoms with van der Waals surface area (Å²) in [6, 6.07) is 6.02. The van der Waals surface area contributed by atoms with Gasteiger partial charge >= 0.3 is 6.03 Å². The Bertz CT molecular complexity index is 490. The van der Waals surface area contributed by atoms with Gasteiger partial charge in [-0.25, -0.2) is 4.79 Å². The molecule has 0 bridgehead atoms. The van der Waals surface area contributed by atoms with Gasteiger partial charge in [-0.2, -0.15) is 0 Å². The molecule has 2 rings (SSSR count). The normalized spacial score (nSPS) is 18.6. The van der Waals surface area contributed by atoms with E-state index in [0.717, 1.165) is 37.2 Å². The predicted octanol–water partition coefficient (Wildman–Crippen LogP) is 3.07. The minimum Gasteiger partial charge on any atom is -0.323 e. The molecule has 1 fully saturated rings. The van der Waals surface area contributed by atoms with Crippen molar-refractivity contribution in [3.63, 3.8) is 0 Å². The molecule has 1 saturated heterocycles. The average Bonchev–Trinajstić information content (AvgIpc) is 2.90. The fourth-order valence-corrected chi connectivity index (χ4v) is 2.71. The fraction of sp³-hybridized carbons (Fsp3) is 0.533. The van der Waals surface area contributed by atoms with Crippen molar-refractivity contribution in [3.8, 4) is 0 Å². The van der Waals surface area contributed by atoms with Crippen molar-refractivity contribution in [2.45, 2.75) is 25.8 Å². The van der Waals surface area contributed by atoms with Crippen LogP contribution in [0.2, 0.25) is 5.02 Å². The van der Waals surface area contributed by atoms with Crippen LogP contribution in [0.3, 0.4) is 0 Å². The van der Waals surface area contributed by atoms with E-state index in [2.05, 4.69) is 31.2 Å². The number of nitrogens with zero attached hydrogens (tertiary/aromatic N) is 2. The summed E-state index contributed by atoms with van der Waals surface area (Å²) in [5.74, 6) is 0. The maximum absolute atomic E-state index is 12.3. The lowest BCUT2D eigenvalue weighted by Gasteiger charge is -2.21. The summed E-state index contributed by atoms with van der Waals surface area (Å²) in [7, 11) is 4.11. The number of halogens is 1. The molecule has 0 aromatic heterocycles.